The van der Waals surface area contributed by atoms with Crippen molar-refractivity contribution in [2.75, 3.05) is 35.8 Å². The summed E-state index contributed by atoms with van der Waals surface area (Å²) in [5, 5.41) is 5.92. The molecule has 9 heteroatoms. The van der Waals surface area contributed by atoms with E-state index in [0.717, 1.165) is 31.6 Å². The topological polar surface area (TPSA) is 99.7 Å². The number of ether oxygens (including phenoxy) is 1. The maximum atomic E-state index is 12.2. The third-order valence-electron chi connectivity index (χ3n) is 6.05. The summed E-state index contributed by atoms with van der Waals surface area (Å²) in [6, 6.07) is 5.59. The van der Waals surface area contributed by atoms with Crippen LogP contribution in [0.5, 0.6) is 5.75 Å². The Morgan fingerprint density at radius 1 is 1.25 bits per heavy atom. The van der Waals surface area contributed by atoms with Gasteiger partial charge in [0.15, 0.2) is 5.82 Å². The number of amides is 2. The molecule has 1 aromatic heterocycles. The molecule has 0 spiro atoms. The number of benzene rings is 1. The van der Waals surface area contributed by atoms with Crippen molar-refractivity contribution in [3.8, 4) is 5.75 Å². The predicted octanol–water partition coefficient (Wildman–Crippen LogP) is 4.75. The van der Waals surface area contributed by atoms with E-state index in [1.807, 2.05) is 13.8 Å². The quantitative estimate of drug-likeness (QED) is 0.458. The Kier molecular flexibility index (Phi) is 8.76. The Morgan fingerprint density at radius 3 is 2.53 bits per heavy atom. The van der Waals surface area contributed by atoms with Gasteiger partial charge in [-0.1, -0.05) is 33.6 Å². The largest absolute Gasteiger partial charge is 0.489 e. The lowest BCUT2D eigenvalue weighted by Gasteiger charge is -2.37. The number of hydrogen-bond donors (Lipinski definition) is 2. The number of nitrogens with one attached hydrogen (secondary N) is 2. The fraction of sp³-hybridized carbons (Fsp3) is 0.556. The van der Waals surface area contributed by atoms with Crippen molar-refractivity contribution in [2.45, 2.75) is 72.4 Å². The summed E-state index contributed by atoms with van der Waals surface area (Å²) in [5.74, 6) is 1.47. The molecule has 196 valence electrons. The summed E-state index contributed by atoms with van der Waals surface area (Å²) >= 11 is 0. The van der Waals surface area contributed by atoms with E-state index in [-0.39, 0.29) is 17.4 Å². The normalized spacial score (nSPS) is 14.0. The Balaban J connectivity index is 2.05. The Morgan fingerprint density at radius 2 is 1.94 bits per heavy atom. The molecular formula is C27H40N6O3. The van der Waals surface area contributed by atoms with Crippen LogP contribution in [-0.2, 0) is 4.79 Å². The lowest BCUT2D eigenvalue weighted by molar-refractivity contribution is -0.107. The second-order valence-electron chi connectivity index (χ2n) is 10.8. The third kappa shape index (κ3) is 6.86. The van der Waals surface area contributed by atoms with Gasteiger partial charge in [0.25, 0.3) is 5.91 Å². The highest BCUT2D eigenvalue weighted by Gasteiger charge is 2.30. The minimum absolute atomic E-state index is 0.0338. The summed E-state index contributed by atoms with van der Waals surface area (Å²) in [4.78, 5) is 37.2. The molecule has 2 amide bonds. The number of nitrogens with zero attached hydrogens (tertiary/aromatic N) is 4. The summed E-state index contributed by atoms with van der Waals surface area (Å²) in [6.07, 6.45) is 6.95. The van der Waals surface area contributed by atoms with Gasteiger partial charge in [0.05, 0.1) is 18.0 Å². The Labute approximate surface area is 214 Å². The van der Waals surface area contributed by atoms with E-state index in [2.05, 4.69) is 41.3 Å². The van der Waals surface area contributed by atoms with Crippen molar-refractivity contribution in [3.05, 3.63) is 30.0 Å². The molecule has 0 unspecified atom stereocenters. The first-order valence-corrected chi connectivity index (χ1v) is 12.6. The molecule has 1 aromatic carbocycles. The van der Waals surface area contributed by atoms with E-state index in [0.29, 0.717) is 34.7 Å². The second kappa shape index (κ2) is 11.6. The van der Waals surface area contributed by atoms with Crippen molar-refractivity contribution in [1.82, 2.24) is 15.3 Å². The number of carbonyl (C=O) groups is 2. The molecule has 0 radical (unpaired) electrons. The molecule has 0 saturated heterocycles. The zero-order valence-electron chi connectivity index (χ0n) is 22.6. The minimum Gasteiger partial charge on any atom is -0.489 e. The number of anilines is 4. The van der Waals surface area contributed by atoms with Gasteiger partial charge in [0.1, 0.15) is 11.4 Å². The molecule has 1 aliphatic rings. The molecule has 9 nitrogen and oxygen atoms in total. The number of aromatic nitrogens is 2. The molecule has 1 fully saturated rings. The highest BCUT2D eigenvalue weighted by Crippen LogP contribution is 2.37. The standard InChI is InChI=1S/C27H40N6O3/c1-18(2)36-23-14-19(25(35)28-6)12-13-21(23)30-26-29-15-22(32(7)17-34)24(31-26)33(16-27(3,4)5)20-10-8-9-11-20/h12-15,17-18,20H,8-11,16H2,1-7H3,(H,28,35)(H,29,30,31). The smallest absolute Gasteiger partial charge is 0.251 e. The number of hydrogen-bond acceptors (Lipinski definition) is 7. The lowest BCUT2D eigenvalue weighted by Crippen LogP contribution is -2.41. The van der Waals surface area contributed by atoms with Gasteiger partial charge >= 0.3 is 0 Å². The van der Waals surface area contributed by atoms with Crippen LogP contribution in [-0.4, -0.2) is 55.1 Å². The van der Waals surface area contributed by atoms with Crippen LogP contribution in [0.4, 0.5) is 23.1 Å². The number of rotatable bonds is 10. The van der Waals surface area contributed by atoms with Crippen LogP contribution in [0.25, 0.3) is 0 Å². The first-order valence-electron chi connectivity index (χ1n) is 12.6. The third-order valence-corrected chi connectivity index (χ3v) is 6.05. The van der Waals surface area contributed by atoms with Gasteiger partial charge in [-0.15, -0.1) is 0 Å². The van der Waals surface area contributed by atoms with Gasteiger partial charge in [-0.25, -0.2) is 4.98 Å². The monoisotopic (exact) mass is 496 g/mol. The molecule has 1 aliphatic carbocycles. The highest BCUT2D eigenvalue weighted by molar-refractivity contribution is 5.95. The zero-order chi connectivity index (χ0) is 26.5. The summed E-state index contributed by atoms with van der Waals surface area (Å²) in [6.45, 7) is 11.3. The van der Waals surface area contributed by atoms with Gasteiger partial charge in [-0.05, 0) is 50.3 Å². The minimum atomic E-state index is -0.190. The highest BCUT2D eigenvalue weighted by atomic mass is 16.5. The molecular weight excluding hydrogens is 456 g/mol. The number of carbonyl (C=O) groups excluding carboxylic acids is 2. The molecule has 2 aromatic rings. The first kappa shape index (κ1) is 27.2. The van der Waals surface area contributed by atoms with E-state index in [4.69, 9.17) is 9.72 Å². The average Bonchev–Trinajstić information content (AvgIpc) is 3.36. The van der Waals surface area contributed by atoms with Crippen molar-refractivity contribution in [1.29, 1.82) is 0 Å². The maximum Gasteiger partial charge on any atom is 0.251 e. The maximum absolute atomic E-state index is 12.2. The molecule has 0 aliphatic heterocycles. The molecule has 3 rings (SSSR count). The van der Waals surface area contributed by atoms with E-state index < -0.39 is 0 Å². The molecule has 36 heavy (non-hydrogen) atoms. The van der Waals surface area contributed by atoms with Gasteiger partial charge in [-0.2, -0.15) is 4.98 Å². The van der Waals surface area contributed by atoms with E-state index in [1.54, 1.807) is 38.5 Å². The predicted molar refractivity (Wildman–Crippen MR) is 144 cm³/mol. The van der Waals surface area contributed by atoms with Crippen LogP contribution in [0.3, 0.4) is 0 Å². The molecule has 0 atom stereocenters. The average molecular weight is 497 g/mol. The van der Waals surface area contributed by atoms with Crippen molar-refractivity contribution < 1.29 is 14.3 Å². The zero-order valence-corrected chi connectivity index (χ0v) is 22.6. The fourth-order valence-corrected chi connectivity index (χ4v) is 4.43. The first-order chi connectivity index (χ1) is 17.0. The van der Waals surface area contributed by atoms with Crippen LogP contribution in [0, 0.1) is 5.41 Å². The Hall–Kier alpha value is -3.36. The Bertz CT molecular complexity index is 1060. The lowest BCUT2D eigenvalue weighted by atomic mass is 9.95. The van der Waals surface area contributed by atoms with Crippen LogP contribution >= 0.6 is 0 Å². The van der Waals surface area contributed by atoms with Gasteiger partial charge in [-0.3, -0.25) is 9.59 Å². The van der Waals surface area contributed by atoms with E-state index in [9.17, 15) is 9.59 Å². The van der Waals surface area contributed by atoms with Gasteiger partial charge < -0.3 is 25.2 Å². The van der Waals surface area contributed by atoms with E-state index in [1.165, 1.54) is 17.7 Å². The summed E-state index contributed by atoms with van der Waals surface area (Å²) in [7, 11) is 3.32. The van der Waals surface area contributed by atoms with Crippen LogP contribution in [0.1, 0.15) is 70.7 Å². The molecule has 1 heterocycles. The van der Waals surface area contributed by atoms with Crippen LogP contribution in [0.2, 0.25) is 0 Å². The van der Waals surface area contributed by atoms with E-state index >= 15 is 0 Å². The van der Waals surface area contributed by atoms with Crippen LogP contribution in [0.15, 0.2) is 24.4 Å². The summed E-state index contributed by atoms with van der Waals surface area (Å²) in [5.41, 5.74) is 1.86. The molecule has 0 bridgehead atoms. The van der Waals surface area contributed by atoms with Crippen molar-refractivity contribution >= 4 is 35.5 Å². The second-order valence-corrected chi connectivity index (χ2v) is 10.8. The summed E-state index contributed by atoms with van der Waals surface area (Å²) < 4.78 is 5.99. The fourth-order valence-electron chi connectivity index (χ4n) is 4.43. The SMILES string of the molecule is CNC(=O)c1ccc(Nc2ncc(N(C)C=O)c(N(CC(C)(C)C)C3CCCC3)n2)c(OC(C)C)c1. The van der Waals surface area contributed by atoms with Crippen molar-refractivity contribution in [2.24, 2.45) is 5.41 Å². The van der Waals surface area contributed by atoms with Gasteiger partial charge in [0.2, 0.25) is 12.4 Å². The van der Waals surface area contributed by atoms with Crippen LogP contribution < -0.4 is 25.2 Å². The van der Waals surface area contributed by atoms with Gasteiger partial charge in [0, 0.05) is 32.2 Å². The molecule has 2 N–H and O–H groups in total. The molecule has 1 saturated carbocycles. The van der Waals surface area contributed by atoms with Crippen molar-refractivity contribution in [3.63, 3.8) is 0 Å².